The molecular formula is C19H18FN3O3S. The van der Waals surface area contributed by atoms with Gasteiger partial charge in [-0.3, -0.25) is 14.5 Å². The first-order valence-electron chi connectivity index (χ1n) is 8.35. The molecule has 0 saturated carbocycles. The number of hydrogen-bond acceptors (Lipinski definition) is 5. The lowest BCUT2D eigenvalue weighted by molar-refractivity contribution is -0.129. The summed E-state index contributed by atoms with van der Waals surface area (Å²) in [6, 6.07) is 14.5. The Morgan fingerprint density at radius 2 is 1.93 bits per heavy atom. The van der Waals surface area contributed by atoms with Crippen LogP contribution in [0.2, 0.25) is 0 Å². The minimum atomic E-state index is -0.667. The van der Waals surface area contributed by atoms with Gasteiger partial charge < -0.3 is 10.4 Å². The van der Waals surface area contributed by atoms with Crippen LogP contribution in [0.5, 0.6) is 0 Å². The van der Waals surface area contributed by atoms with E-state index in [-0.39, 0.29) is 31.4 Å². The summed E-state index contributed by atoms with van der Waals surface area (Å²) in [5.74, 6) is -1.03. The van der Waals surface area contributed by atoms with Gasteiger partial charge in [0.2, 0.25) is 11.8 Å². The number of aliphatic imine (C=N–C) groups is 1. The second-order valence-electron chi connectivity index (χ2n) is 5.81. The molecule has 1 fully saturated rings. The van der Waals surface area contributed by atoms with E-state index in [0.29, 0.717) is 16.5 Å². The van der Waals surface area contributed by atoms with Crippen molar-refractivity contribution in [2.45, 2.75) is 11.7 Å². The van der Waals surface area contributed by atoms with Crippen molar-refractivity contribution in [2.75, 3.05) is 18.5 Å². The number of benzene rings is 2. The van der Waals surface area contributed by atoms with Gasteiger partial charge in [0, 0.05) is 12.1 Å². The highest BCUT2D eigenvalue weighted by Crippen LogP contribution is 2.29. The zero-order valence-corrected chi connectivity index (χ0v) is 15.2. The van der Waals surface area contributed by atoms with E-state index < -0.39 is 11.1 Å². The molecule has 0 spiro atoms. The van der Waals surface area contributed by atoms with Gasteiger partial charge >= 0.3 is 0 Å². The maximum absolute atomic E-state index is 13.0. The molecule has 1 saturated heterocycles. The predicted molar refractivity (Wildman–Crippen MR) is 103 cm³/mol. The van der Waals surface area contributed by atoms with Gasteiger partial charge in [-0.25, -0.2) is 9.38 Å². The molecule has 0 bridgehead atoms. The number of anilines is 1. The Balaban J connectivity index is 1.79. The van der Waals surface area contributed by atoms with Crippen LogP contribution in [-0.2, 0) is 9.59 Å². The smallest absolute Gasteiger partial charge is 0.238 e. The molecule has 2 amide bonds. The van der Waals surface area contributed by atoms with Gasteiger partial charge in [0.25, 0.3) is 0 Å². The molecule has 6 nitrogen and oxygen atoms in total. The Hall–Kier alpha value is -2.71. The summed E-state index contributed by atoms with van der Waals surface area (Å²) in [6.07, 6.45) is -0.00843. The molecule has 0 aliphatic carbocycles. The molecular weight excluding hydrogens is 369 g/mol. The van der Waals surface area contributed by atoms with E-state index >= 15 is 0 Å². The molecule has 1 atom stereocenters. The molecule has 0 aromatic heterocycles. The number of para-hydroxylation sites is 1. The Bertz CT molecular complexity index is 843. The van der Waals surface area contributed by atoms with E-state index in [1.807, 2.05) is 18.2 Å². The van der Waals surface area contributed by atoms with E-state index in [2.05, 4.69) is 10.3 Å². The molecule has 140 valence electrons. The summed E-state index contributed by atoms with van der Waals surface area (Å²) in [5.41, 5.74) is 1.10. The molecule has 1 aliphatic heterocycles. The van der Waals surface area contributed by atoms with Gasteiger partial charge in [-0.15, -0.1) is 0 Å². The fraction of sp³-hybridized carbons (Fsp3) is 0.211. The molecule has 2 N–H and O–H groups in total. The molecule has 27 heavy (non-hydrogen) atoms. The maximum atomic E-state index is 13.0. The van der Waals surface area contributed by atoms with Gasteiger partial charge in [0.1, 0.15) is 11.1 Å². The van der Waals surface area contributed by atoms with Crippen molar-refractivity contribution < 1.29 is 19.1 Å². The minimum Gasteiger partial charge on any atom is -0.395 e. The number of hydrogen-bond donors (Lipinski definition) is 2. The highest BCUT2D eigenvalue weighted by atomic mass is 32.2. The molecule has 1 unspecified atom stereocenters. The number of aliphatic hydroxyl groups is 1. The van der Waals surface area contributed by atoms with Crippen LogP contribution >= 0.6 is 11.8 Å². The maximum Gasteiger partial charge on any atom is 0.238 e. The summed E-state index contributed by atoms with van der Waals surface area (Å²) in [7, 11) is 0. The van der Waals surface area contributed by atoms with Crippen LogP contribution in [-0.4, -0.2) is 45.4 Å². The van der Waals surface area contributed by atoms with Gasteiger partial charge in [-0.05, 0) is 36.4 Å². The summed E-state index contributed by atoms with van der Waals surface area (Å²) >= 11 is 1.17. The van der Waals surface area contributed by atoms with Crippen molar-refractivity contribution in [3.63, 3.8) is 0 Å². The van der Waals surface area contributed by atoms with Crippen LogP contribution in [0, 0.1) is 5.82 Å². The number of nitrogens with zero attached hydrogens (tertiary/aromatic N) is 2. The van der Waals surface area contributed by atoms with E-state index in [1.165, 1.54) is 40.9 Å². The molecule has 2 aromatic rings. The van der Waals surface area contributed by atoms with Crippen LogP contribution in [0.4, 0.5) is 15.8 Å². The number of nitrogens with one attached hydrogen (secondary N) is 1. The highest BCUT2D eigenvalue weighted by Gasteiger charge is 2.35. The topological polar surface area (TPSA) is 82.0 Å². The van der Waals surface area contributed by atoms with E-state index in [1.54, 1.807) is 12.1 Å². The van der Waals surface area contributed by atoms with E-state index in [4.69, 9.17) is 0 Å². The number of rotatable bonds is 5. The van der Waals surface area contributed by atoms with Gasteiger partial charge in [0.15, 0.2) is 5.17 Å². The lowest BCUT2D eigenvalue weighted by Crippen LogP contribution is -2.46. The zero-order chi connectivity index (χ0) is 19.2. The minimum absolute atomic E-state index is 0.00843. The normalized spacial score (nSPS) is 18.6. The number of thioether (sulfide) groups is 1. The summed E-state index contributed by atoms with van der Waals surface area (Å²) in [6.45, 7) is -0.0870. The average molecular weight is 387 g/mol. The van der Waals surface area contributed by atoms with Gasteiger partial charge in [0.05, 0.1) is 18.8 Å². The Kier molecular flexibility index (Phi) is 6.20. The van der Waals surface area contributed by atoms with Crippen molar-refractivity contribution in [1.29, 1.82) is 0 Å². The first-order chi connectivity index (χ1) is 13.1. The highest BCUT2D eigenvalue weighted by molar-refractivity contribution is 8.15. The Morgan fingerprint density at radius 3 is 2.59 bits per heavy atom. The number of carbonyl (C=O) groups excluding carboxylic acids is 2. The van der Waals surface area contributed by atoms with Crippen LogP contribution < -0.4 is 5.32 Å². The predicted octanol–water partition coefficient (Wildman–Crippen LogP) is 2.78. The third-order valence-corrected chi connectivity index (χ3v) is 5.04. The first-order valence-corrected chi connectivity index (χ1v) is 9.23. The average Bonchev–Trinajstić information content (AvgIpc) is 2.67. The third-order valence-electron chi connectivity index (χ3n) is 3.85. The number of halogens is 1. The number of β-amino-alcohol motifs (C(OH)–C–C–N with tert-alkyl or cyclic N) is 1. The van der Waals surface area contributed by atoms with Crippen molar-refractivity contribution in [1.82, 2.24) is 4.90 Å². The number of amidine groups is 1. The Labute approximate surface area is 160 Å². The lowest BCUT2D eigenvalue weighted by atomic mass is 10.2. The number of aliphatic hydroxyl groups excluding tert-OH is 1. The van der Waals surface area contributed by atoms with Crippen LogP contribution in [0.25, 0.3) is 0 Å². The quantitative estimate of drug-likeness (QED) is 0.827. The van der Waals surface area contributed by atoms with Crippen LogP contribution in [0.1, 0.15) is 6.42 Å². The molecule has 2 aromatic carbocycles. The molecule has 8 heteroatoms. The summed E-state index contributed by atoms with van der Waals surface area (Å²) in [4.78, 5) is 30.9. The molecule has 1 aliphatic rings. The molecule has 3 rings (SSSR count). The van der Waals surface area contributed by atoms with Crippen molar-refractivity contribution in [3.05, 3.63) is 60.4 Å². The molecule has 1 heterocycles. The number of carbonyl (C=O) groups is 2. The second kappa shape index (κ2) is 8.79. The van der Waals surface area contributed by atoms with Crippen molar-refractivity contribution in [3.8, 4) is 0 Å². The fourth-order valence-electron chi connectivity index (χ4n) is 2.53. The largest absolute Gasteiger partial charge is 0.395 e. The molecule has 0 radical (unpaired) electrons. The van der Waals surface area contributed by atoms with E-state index in [9.17, 15) is 19.1 Å². The SMILES string of the molecule is O=C(Nc1ccc(F)cc1)C1CC(=O)N(CCO)C(=Nc2ccccc2)S1. The lowest BCUT2D eigenvalue weighted by Gasteiger charge is -2.31. The second-order valence-corrected chi connectivity index (χ2v) is 6.98. The number of amides is 2. The summed E-state index contributed by atoms with van der Waals surface area (Å²) < 4.78 is 13.0. The van der Waals surface area contributed by atoms with Crippen molar-refractivity contribution in [2.24, 2.45) is 4.99 Å². The van der Waals surface area contributed by atoms with Crippen LogP contribution in [0.3, 0.4) is 0 Å². The van der Waals surface area contributed by atoms with E-state index in [0.717, 1.165) is 0 Å². The standard InChI is InChI=1S/C19H18FN3O3S/c20-13-6-8-15(9-7-13)21-18(26)16-12-17(25)23(10-11-24)19(27-16)22-14-4-2-1-3-5-14/h1-9,16,24H,10-12H2,(H,21,26). The summed E-state index contributed by atoms with van der Waals surface area (Å²) in [5, 5.41) is 11.6. The van der Waals surface area contributed by atoms with Crippen LogP contribution in [0.15, 0.2) is 59.6 Å². The monoisotopic (exact) mass is 387 g/mol. The van der Waals surface area contributed by atoms with Crippen molar-refractivity contribution >= 4 is 40.1 Å². The Morgan fingerprint density at radius 1 is 1.22 bits per heavy atom. The zero-order valence-electron chi connectivity index (χ0n) is 14.3. The fourth-order valence-corrected chi connectivity index (χ4v) is 3.66. The van der Waals surface area contributed by atoms with Gasteiger partial charge in [-0.1, -0.05) is 30.0 Å². The van der Waals surface area contributed by atoms with Gasteiger partial charge in [-0.2, -0.15) is 0 Å². The first kappa shape index (κ1) is 19.1. The third kappa shape index (κ3) is 4.93.